The van der Waals surface area contributed by atoms with E-state index < -0.39 is 0 Å². The molecule has 1 atom stereocenters. The monoisotopic (exact) mass is 447 g/mol. The zero-order valence-electron chi connectivity index (χ0n) is 18.0. The average Bonchev–Trinajstić information content (AvgIpc) is 3.18. The van der Waals surface area contributed by atoms with Crippen molar-refractivity contribution in [1.82, 2.24) is 14.9 Å². The molecule has 3 aromatic carbocycles. The summed E-state index contributed by atoms with van der Waals surface area (Å²) in [5, 5.41) is 3.60. The summed E-state index contributed by atoms with van der Waals surface area (Å²) in [6.07, 6.45) is 1.86. The van der Waals surface area contributed by atoms with Crippen LogP contribution >= 0.6 is 11.6 Å². The Morgan fingerprint density at radius 3 is 2.62 bits per heavy atom. The molecule has 0 aliphatic rings. The molecule has 0 radical (unpaired) electrons. The molecule has 0 spiro atoms. The highest BCUT2D eigenvalue weighted by molar-refractivity contribution is 6.30. The van der Waals surface area contributed by atoms with E-state index in [2.05, 4.69) is 16.0 Å². The highest BCUT2D eigenvalue weighted by Gasteiger charge is 2.19. The number of ether oxygens (including phenoxy) is 1. The fourth-order valence-corrected chi connectivity index (χ4v) is 3.90. The van der Waals surface area contributed by atoms with Crippen LogP contribution in [0.3, 0.4) is 0 Å². The normalized spacial score (nSPS) is 11.9. The van der Waals surface area contributed by atoms with Crippen molar-refractivity contribution in [2.24, 2.45) is 0 Å². The van der Waals surface area contributed by atoms with E-state index in [-0.39, 0.29) is 11.9 Å². The van der Waals surface area contributed by atoms with Crippen molar-refractivity contribution < 1.29 is 9.53 Å². The van der Waals surface area contributed by atoms with Crippen LogP contribution in [0.25, 0.3) is 11.0 Å². The number of para-hydroxylation sites is 3. The number of carbonyl (C=O) groups is 1. The van der Waals surface area contributed by atoms with Crippen LogP contribution in [0.4, 0.5) is 0 Å². The molecular formula is C26H26ClN3O2. The Morgan fingerprint density at radius 1 is 1.03 bits per heavy atom. The first kappa shape index (κ1) is 21.9. The van der Waals surface area contributed by atoms with Gasteiger partial charge in [-0.2, -0.15) is 0 Å². The van der Waals surface area contributed by atoms with Crippen LogP contribution in [-0.2, 0) is 6.54 Å². The molecule has 0 saturated heterocycles. The number of rotatable bonds is 9. The van der Waals surface area contributed by atoms with Gasteiger partial charge in [-0.1, -0.05) is 48.0 Å². The van der Waals surface area contributed by atoms with E-state index in [1.165, 1.54) is 0 Å². The molecule has 164 valence electrons. The molecule has 1 unspecified atom stereocenters. The quantitative estimate of drug-likeness (QED) is 0.318. The van der Waals surface area contributed by atoms with Crippen molar-refractivity contribution in [2.45, 2.75) is 32.4 Å². The highest BCUT2D eigenvalue weighted by atomic mass is 35.5. The zero-order valence-corrected chi connectivity index (χ0v) is 18.8. The fourth-order valence-electron chi connectivity index (χ4n) is 3.71. The molecule has 5 nitrogen and oxygen atoms in total. The lowest BCUT2D eigenvalue weighted by atomic mass is 10.2. The lowest BCUT2D eigenvalue weighted by Gasteiger charge is -2.17. The number of aryl methyl sites for hydroxylation is 1. The van der Waals surface area contributed by atoms with Gasteiger partial charge in [0.2, 0.25) is 0 Å². The van der Waals surface area contributed by atoms with E-state index in [4.69, 9.17) is 21.3 Å². The summed E-state index contributed by atoms with van der Waals surface area (Å²) < 4.78 is 8.00. The second-order valence-electron chi connectivity index (χ2n) is 7.68. The first-order valence-electron chi connectivity index (χ1n) is 10.8. The highest BCUT2D eigenvalue weighted by Crippen LogP contribution is 2.22. The van der Waals surface area contributed by atoms with Gasteiger partial charge in [0.15, 0.2) is 0 Å². The summed E-state index contributed by atoms with van der Waals surface area (Å²) in [5.74, 6) is 1.55. The number of imidazole rings is 1. The summed E-state index contributed by atoms with van der Waals surface area (Å²) in [6.45, 7) is 3.41. The lowest BCUT2D eigenvalue weighted by Crippen LogP contribution is -2.28. The number of hydrogen-bond acceptors (Lipinski definition) is 3. The SMILES string of the molecule is CC(NC(=O)c1cccc(Cl)c1)c1nc2ccccc2n1CCCCOc1ccccc1. The van der Waals surface area contributed by atoms with Crippen molar-refractivity contribution in [3.63, 3.8) is 0 Å². The Hall–Kier alpha value is -3.31. The number of benzene rings is 3. The Bertz CT molecular complexity index is 1190. The summed E-state index contributed by atoms with van der Waals surface area (Å²) >= 11 is 6.04. The molecule has 0 saturated carbocycles. The molecule has 32 heavy (non-hydrogen) atoms. The van der Waals surface area contributed by atoms with Gasteiger partial charge < -0.3 is 14.6 Å². The van der Waals surface area contributed by atoms with Crippen LogP contribution in [0.5, 0.6) is 5.75 Å². The molecule has 1 N–H and O–H groups in total. The van der Waals surface area contributed by atoms with Gasteiger partial charge in [0.25, 0.3) is 5.91 Å². The molecule has 0 bridgehead atoms. The van der Waals surface area contributed by atoms with E-state index in [1.807, 2.05) is 55.5 Å². The fraction of sp³-hybridized carbons (Fsp3) is 0.231. The first-order valence-corrected chi connectivity index (χ1v) is 11.2. The third-order valence-corrected chi connectivity index (χ3v) is 5.53. The first-order chi connectivity index (χ1) is 15.6. The van der Waals surface area contributed by atoms with Gasteiger partial charge in [-0.15, -0.1) is 0 Å². The Morgan fingerprint density at radius 2 is 1.81 bits per heavy atom. The van der Waals surface area contributed by atoms with Gasteiger partial charge in [-0.25, -0.2) is 4.98 Å². The smallest absolute Gasteiger partial charge is 0.251 e. The van der Waals surface area contributed by atoms with E-state index >= 15 is 0 Å². The number of carbonyl (C=O) groups excluding carboxylic acids is 1. The number of unbranched alkanes of at least 4 members (excludes halogenated alkanes) is 1. The number of nitrogens with one attached hydrogen (secondary N) is 1. The summed E-state index contributed by atoms with van der Waals surface area (Å²) in [6, 6.07) is 24.6. The molecule has 1 amide bonds. The van der Waals surface area contributed by atoms with Gasteiger partial charge in [0, 0.05) is 17.1 Å². The second kappa shape index (κ2) is 10.3. The topological polar surface area (TPSA) is 56.2 Å². The Labute approximate surface area is 193 Å². The molecule has 0 aliphatic heterocycles. The Kier molecular flexibility index (Phi) is 7.07. The standard InChI is InChI=1S/C26H26ClN3O2/c1-19(28-26(31)20-10-9-11-21(27)18-20)25-29-23-14-5-6-15-24(23)30(25)16-7-8-17-32-22-12-3-2-4-13-22/h2-6,9-15,18-19H,7-8,16-17H2,1H3,(H,28,31). The van der Waals surface area contributed by atoms with E-state index in [0.29, 0.717) is 17.2 Å². The van der Waals surface area contributed by atoms with Crippen molar-refractivity contribution >= 4 is 28.5 Å². The van der Waals surface area contributed by atoms with Crippen LogP contribution < -0.4 is 10.1 Å². The van der Waals surface area contributed by atoms with Crippen LogP contribution in [-0.4, -0.2) is 22.1 Å². The second-order valence-corrected chi connectivity index (χ2v) is 8.12. The van der Waals surface area contributed by atoms with Gasteiger partial charge >= 0.3 is 0 Å². The van der Waals surface area contributed by atoms with Gasteiger partial charge in [0.1, 0.15) is 11.6 Å². The number of amides is 1. The van der Waals surface area contributed by atoms with Crippen LogP contribution in [0, 0.1) is 0 Å². The summed E-state index contributed by atoms with van der Waals surface area (Å²) in [7, 11) is 0. The van der Waals surface area contributed by atoms with Crippen molar-refractivity contribution in [3.05, 3.63) is 95.3 Å². The average molecular weight is 448 g/mol. The third-order valence-electron chi connectivity index (χ3n) is 5.29. The van der Waals surface area contributed by atoms with Crippen LogP contribution in [0.2, 0.25) is 5.02 Å². The summed E-state index contributed by atoms with van der Waals surface area (Å²) in [5.41, 5.74) is 2.52. The number of fused-ring (bicyclic) bond motifs is 1. The maximum absolute atomic E-state index is 12.7. The summed E-state index contributed by atoms with van der Waals surface area (Å²) in [4.78, 5) is 17.5. The van der Waals surface area contributed by atoms with Crippen molar-refractivity contribution in [2.75, 3.05) is 6.61 Å². The van der Waals surface area contributed by atoms with Gasteiger partial charge in [-0.3, -0.25) is 4.79 Å². The van der Waals surface area contributed by atoms with E-state index in [0.717, 1.165) is 42.0 Å². The predicted molar refractivity (Wildman–Crippen MR) is 128 cm³/mol. The van der Waals surface area contributed by atoms with Crippen LogP contribution in [0.1, 0.15) is 42.0 Å². The minimum atomic E-state index is -0.255. The van der Waals surface area contributed by atoms with E-state index in [9.17, 15) is 4.79 Å². The molecule has 0 aliphatic carbocycles. The van der Waals surface area contributed by atoms with Gasteiger partial charge in [0.05, 0.1) is 23.7 Å². The number of nitrogens with zero attached hydrogens (tertiary/aromatic N) is 2. The molecule has 4 aromatic rings. The maximum Gasteiger partial charge on any atom is 0.251 e. The Balaban J connectivity index is 1.44. The van der Waals surface area contributed by atoms with E-state index in [1.54, 1.807) is 24.3 Å². The van der Waals surface area contributed by atoms with Crippen LogP contribution in [0.15, 0.2) is 78.9 Å². The number of hydrogen-bond donors (Lipinski definition) is 1. The maximum atomic E-state index is 12.7. The lowest BCUT2D eigenvalue weighted by molar-refractivity contribution is 0.0937. The molecule has 6 heteroatoms. The third kappa shape index (κ3) is 5.29. The number of halogens is 1. The molecule has 1 aromatic heterocycles. The largest absolute Gasteiger partial charge is 0.494 e. The zero-order chi connectivity index (χ0) is 22.3. The predicted octanol–water partition coefficient (Wildman–Crippen LogP) is 6.04. The minimum Gasteiger partial charge on any atom is -0.494 e. The van der Waals surface area contributed by atoms with Crippen molar-refractivity contribution in [3.8, 4) is 5.75 Å². The molecule has 4 rings (SSSR count). The number of aromatic nitrogens is 2. The molecule has 0 fully saturated rings. The molecular weight excluding hydrogens is 422 g/mol. The van der Waals surface area contributed by atoms with Crippen molar-refractivity contribution in [1.29, 1.82) is 0 Å². The minimum absolute atomic E-state index is 0.171. The molecule has 1 heterocycles. The van der Waals surface area contributed by atoms with Gasteiger partial charge in [-0.05, 0) is 62.2 Å².